The first-order chi connectivity index (χ1) is 48.9. The van der Waals surface area contributed by atoms with Crippen LogP contribution in [0.25, 0.3) is 112 Å². The Bertz CT molecular complexity index is 5930. The molecule has 38 heteroatoms. The summed E-state index contributed by atoms with van der Waals surface area (Å²) in [5.74, 6) is -92.3. The van der Waals surface area contributed by atoms with Gasteiger partial charge in [-0.3, -0.25) is 0 Å². The van der Waals surface area contributed by atoms with Gasteiger partial charge in [-0.1, -0.05) is 0 Å². The summed E-state index contributed by atoms with van der Waals surface area (Å²) < 4.78 is 474. The monoisotopic (exact) mass is 1490 g/mol. The van der Waals surface area contributed by atoms with Gasteiger partial charge in [-0.25, -0.2) is 125 Å². The normalized spacial score (nSPS) is 12.5. The molecule has 0 fully saturated rings. The molecule has 0 amide bonds. The highest BCUT2D eigenvalue weighted by Gasteiger charge is 2.40. The van der Waals surface area contributed by atoms with E-state index in [9.17, 15) is 36.6 Å². The predicted molar refractivity (Wildman–Crippen MR) is 304 cm³/mol. The van der Waals surface area contributed by atoms with Crippen LogP contribution in [0.3, 0.4) is 0 Å². The molecule has 0 spiro atoms. The molecule has 0 saturated carbocycles. The topological polar surface area (TPSA) is 125 Å². The summed E-state index contributed by atoms with van der Waals surface area (Å²) in [4.78, 5) is 16.8. The number of hydrogen-bond donors (Lipinski definition) is 5. The Balaban J connectivity index is 1.37. The molecule has 0 atom stereocenters. The van der Waals surface area contributed by atoms with Crippen molar-refractivity contribution < 1.29 is 142 Å². The van der Waals surface area contributed by atoms with E-state index in [0.29, 0.717) is 30.3 Å². The van der Waals surface area contributed by atoms with Gasteiger partial charge in [0.15, 0.2) is 122 Å². The average Bonchev–Trinajstić information content (AvgIpc) is 1.25. The van der Waals surface area contributed by atoms with Gasteiger partial charge in [-0.2, -0.15) is 22.0 Å². The zero-order valence-corrected chi connectivity index (χ0v) is 48.8. The summed E-state index contributed by atoms with van der Waals surface area (Å²) in [5, 5.41) is 23.5. The van der Waals surface area contributed by atoms with Crippen molar-refractivity contribution in [3.63, 3.8) is 0 Å². The maximum absolute atomic E-state index is 16.5. The Hall–Kier alpha value is -12.3. The molecule has 530 valence electrons. The van der Waals surface area contributed by atoms with Crippen LogP contribution in [0.4, 0.5) is 143 Å². The Morgan fingerprint density at radius 1 is 0.240 bits per heavy atom. The molecule has 6 aromatic carbocycles. The minimum Gasteiger partial charge on any atom is -0.493 e. The number of halogens is 30. The predicted octanol–water partition coefficient (Wildman–Crippen LogP) is 21.3. The van der Waals surface area contributed by atoms with Gasteiger partial charge in [0.05, 0.1) is 61.6 Å². The third-order valence-electron chi connectivity index (χ3n) is 16.1. The van der Waals surface area contributed by atoms with E-state index in [1.54, 1.807) is 0 Å². The number of nitrogens with zero attached hydrogens (tertiary/aromatic N) is 3. The third-order valence-corrected chi connectivity index (χ3v) is 16.1. The van der Waals surface area contributed by atoms with E-state index in [4.69, 9.17) is 0 Å². The third kappa shape index (κ3) is 10.2. The standard InChI is InChI=1S/C66H14F30N6O2/c67-35-29(36(68)48(80)59(91)47(35)79)23-11-9-21(101-65(11)103)27(33-43(75)55(87)63(95)56(88)44(33)76)19-7-5-17(99-19)26(32-41(73)53(85)62(94)54(86)42(32)74)18-6-8-20(100-18)28(34-45(77)57(89)64(96)58(90)46(34)78)22-10-12(66(104)102-22)24(30-37(69)49(81)60(92)50(82)38(30)70)14-2-4-16(98-14)25(15-3-1-13(23)97-15)31-39(71)51(83)61(93)52(84)40(31)72/h1-10H,(H4-,97,98,99,100,101,102,103,104)/p+1. The molecule has 5 N–H and O–H groups in total. The number of aromatic nitrogens is 4. The molecule has 3 aliphatic rings. The van der Waals surface area contributed by atoms with E-state index >= 15 is 105 Å². The maximum atomic E-state index is 16.5. The lowest BCUT2D eigenvalue weighted by atomic mass is 9.96. The zero-order valence-electron chi connectivity index (χ0n) is 48.8. The minimum absolute atomic E-state index is 0.00682. The largest absolute Gasteiger partial charge is 0.493 e. The van der Waals surface area contributed by atoms with Gasteiger partial charge in [0.25, 0.3) is 0 Å². The first-order valence-corrected chi connectivity index (χ1v) is 27.8. The molecule has 4 aromatic heterocycles. The number of rotatable bonds is 6. The van der Waals surface area contributed by atoms with E-state index in [0.717, 1.165) is 0 Å². The fourth-order valence-electron chi connectivity index (χ4n) is 11.5. The number of aliphatic hydroxyl groups excluding tert-OH is 2. The molecule has 104 heavy (non-hydrogen) atoms. The number of benzene rings is 6. The van der Waals surface area contributed by atoms with Crippen molar-refractivity contribution >= 4 is 68.4 Å². The lowest BCUT2D eigenvalue weighted by Crippen LogP contribution is -2.08. The van der Waals surface area contributed by atoms with Crippen molar-refractivity contribution in [2.45, 2.75) is 0 Å². The van der Waals surface area contributed by atoms with Crippen LogP contribution in [0.1, 0.15) is 22.5 Å². The van der Waals surface area contributed by atoms with Crippen LogP contribution in [0.15, 0.2) is 58.5 Å². The second-order valence-corrected chi connectivity index (χ2v) is 21.7. The minimum atomic E-state index is -3.01. The van der Waals surface area contributed by atoms with Crippen LogP contribution in [-0.2, 0) is 0 Å². The molecule has 13 rings (SSSR count). The van der Waals surface area contributed by atoms with Gasteiger partial charge in [-0.05, 0) is 48.6 Å². The van der Waals surface area contributed by atoms with Gasteiger partial charge in [-0.15, -0.1) is 0 Å². The van der Waals surface area contributed by atoms with Crippen molar-refractivity contribution in [1.29, 1.82) is 0 Å². The molecule has 10 aromatic rings. The maximum Gasteiger partial charge on any atom is 0.239 e. The Labute approximate surface area is 551 Å². The summed E-state index contributed by atoms with van der Waals surface area (Å²) in [5.41, 5.74) is -42.2. The van der Waals surface area contributed by atoms with Crippen LogP contribution in [-0.4, -0.2) is 41.9 Å². The van der Waals surface area contributed by atoms with Gasteiger partial charge < -0.3 is 25.2 Å². The fraction of sp³-hybridized carbons (Fsp3) is 0. The Kier molecular flexibility index (Phi) is 16.7. The first kappa shape index (κ1) is 70.2. The van der Waals surface area contributed by atoms with E-state index in [1.807, 2.05) is 15.0 Å². The van der Waals surface area contributed by atoms with Crippen LogP contribution in [0, 0.1) is 175 Å². The lowest BCUT2D eigenvalue weighted by molar-refractivity contribution is 0.381. The molecule has 0 saturated heterocycles. The summed E-state index contributed by atoms with van der Waals surface area (Å²) in [6, 6.07) is 1.82. The van der Waals surface area contributed by atoms with Crippen molar-refractivity contribution in [2.75, 3.05) is 0 Å². The van der Waals surface area contributed by atoms with Crippen LogP contribution >= 0.6 is 0 Å². The second-order valence-electron chi connectivity index (χ2n) is 21.7. The highest BCUT2D eigenvalue weighted by molar-refractivity contribution is 6.12. The Morgan fingerprint density at radius 2 is 0.471 bits per heavy atom. The smallest absolute Gasteiger partial charge is 0.239 e. The van der Waals surface area contributed by atoms with E-state index in [2.05, 4.69) is 15.0 Å². The molecule has 3 aliphatic heterocycles. The summed E-state index contributed by atoms with van der Waals surface area (Å²) in [6.07, 6.45) is 0.494. The van der Waals surface area contributed by atoms with Gasteiger partial charge in [0.2, 0.25) is 70.0 Å². The van der Waals surface area contributed by atoms with E-state index in [-0.39, 0.29) is 30.4 Å². The number of aliphatic hydroxyl groups is 2. The molecule has 7 heterocycles. The van der Waals surface area contributed by atoms with Crippen molar-refractivity contribution in [2.24, 2.45) is 9.98 Å². The molecule has 12 bridgehead atoms. The first-order valence-electron chi connectivity index (χ1n) is 27.8. The van der Waals surface area contributed by atoms with Crippen LogP contribution in [0.5, 0.6) is 0 Å². The zero-order chi connectivity index (χ0) is 75.6. The van der Waals surface area contributed by atoms with Crippen LogP contribution in [0.2, 0.25) is 0 Å². The summed E-state index contributed by atoms with van der Waals surface area (Å²) in [7, 11) is 0. The molecule has 8 nitrogen and oxygen atoms in total. The molecular formula is C66H15F30N6O2+. The number of fused-ring (bicyclic) bond motifs is 12. The number of H-pyrrole nitrogens is 3. The van der Waals surface area contributed by atoms with Crippen molar-refractivity contribution in [3.05, 3.63) is 246 Å². The lowest BCUT2D eigenvalue weighted by Gasteiger charge is -2.12. The van der Waals surface area contributed by atoms with Gasteiger partial charge in [0, 0.05) is 62.1 Å². The highest BCUT2D eigenvalue weighted by Crippen LogP contribution is 2.50. The summed E-state index contributed by atoms with van der Waals surface area (Å²) >= 11 is 0. The molecule has 0 radical (unpaired) electrons. The van der Waals surface area contributed by atoms with E-state index < -0.39 is 320 Å². The average molecular weight is 1490 g/mol. The van der Waals surface area contributed by atoms with Gasteiger partial charge >= 0.3 is 0 Å². The Morgan fingerprint density at radius 3 is 0.798 bits per heavy atom. The summed E-state index contributed by atoms with van der Waals surface area (Å²) in [6.45, 7) is 0. The molecule has 0 unspecified atom stereocenters. The number of nitrogens with one attached hydrogen (secondary N) is 3. The van der Waals surface area contributed by atoms with Crippen molar-refractivity contribution in [3.8, 4) is 66.8 Å². The number of hydrogen-bond acceptors (Lipinski definition) is 3. The fourth-order valence-corrected chi connectivity index (χ4v) is 11.5. The highest BCUT2D eigenvalue weighted by atomic mass is 19.2. The van der Waals surface area contributed by atoms with E-state index in [1.165, 1.54) is 0 Å². The second kappa shape index (κ2) is 24.8. The molecule has 0 aliphatic carbocycles. The van der Waals surface area contributed by atoms with Crippen LogP contribution < -0.4 is 0 Å². The van der Waals surface area contributed by atoms with Gasteiger partial charge in [0.1, 0.15) is 16.6 Å². The quantitative estimate of drug-likeness (QED) is 0.0493. The molecular weight excluding hydrogens is 1480 g/mol. The number of aliphatic imine (C=N–C) groups is 2. The van der Waals surface area contributed by atoms with Crippen molar-refractivity contribution in [1.82, 2.24) is 19.9 Å². The number of aromatic amines is 3. The SMILES string of the molecule is OC1=Nc2cc1c(-c1c(F)c(F)c(F)c(F)c1F)c1nc(c(-c3c(F)c(F)c(F)c(F)c3F)c3ccc([nH]3)c(-c3c(F)c(F)c(F)c(F)c3F)c3cc(c(-c4c(F)c(F)c(F)c(F)c4F)c4ccc([nH]4)[c+](-c4c(F)c(F)c(F)c(F)c4F)c4ccc([nH]4)c2-c2c(F)c(F)c(F)c(F)c2F)N=C3O)C=C1.